The lowest BCUT2D eigenvalue weighted by atomic mass is 10.0. The van der Waals surface area contributed by atoms with E-state index in [2.05, 4.69) is 17.6 Å². The molecule has 3 aromatic rings. The van der Waals surface area contributed by atoms with E-state index in [1.165, 1.54) is 76.0 Å². The molecule has 3 aromatic carbocycles. The Morgan fingerprint density at radius 2 is 1.35 bits per heavy atom. The van der Waals surface area contributed by atoms with Gasteiger partial charge in [0.15, 0.2) is 9.84 Å². The summed E-state index contributed by atoms with van der Waals surface area (Å²) in [5.74, 6) is -1.33. The van der Waals surface area contributed by atoms with Crippen molar-refractivity contribution in [1.82, 2.24) is 0 Å². The number of anilines is 2. The third-order valence-corrected chi connectivity index (χ3v) is 9.88. The molecule has 232 valence electrons. The van der Waals surface area contributed by atoms with Crippen molar-refractivity contribution in [2.24, 2.45) is 0 Å². The summed E-state index contributed by atoms with van der Waals surface area (Å²) in [6, 6.07) is 19.7. The number of benzene rings is 3. The van der Waals surface area contributed by atoms with E-state index in [4.69, 9.17) is 0 Å². The number of rotatable bonds is 18. The van der Waals surface area contributed by atoms with Crippen LogP contribution in [0.4, 0.5) is 11.4 Å². The average molecular weight is 607 g/mol. The van der Waals surface area contributed by atoms with E-state index in [0.29, 0.717) is 5.56 Å². The topological polar surface area (TPSA) is 113 Å². The first-order valence-electron chi connectivity index (χ1n) is 15.6. The molecule has 0 saturated carbocycles. The standard InChI is InChI=1S/C35H46N2O5S/c1-3-5-6-7-8-9-10-11-12-14-17-27-20-23-30(24-21-27)43(41,42)33(4-2)35(40)36-29-22-25-31(32(38)26-29)37-34(39)28-18-15-13-16-19-28/h13,15-16,18-26,33,38H,3-12,14,17H2,1-2H3,(H,36,40)(H,37,39). The minimum Gasteiger partial charge on any atom is -0.506 e. The van der Waals surface area contributed by atoms with Crippen molar-refractivity contribution in [2.75, 3.05) is 10.6 Å². The second-order valence-corrected chi connectivity index (χ2v) is 13.2. The molecular weight excluding hydrogens is 560 g/mol. The molecule has 1 atom stereocenters. The molecule has 8 heteroatoms. The zero-order valence-electron chi connectivity index (χ0n) is 25.5. The summed E-state index contributed by atoms with van der Waals surface area (Å²) < 4.78 is 26.7. The Bertz CT molecular complexity index is 1410. The molecular formula is C35H46N2O5S. The van der Waals surface area contributed by atoms with Crippen LogP contribution in [0.25, 0.3) is 0 Å². The van der Waals surface area contributed by atoms with E-state index >= 15 is 0 Å². The summed E-state index contributed by atoms with van der Waals surface area (Å²) >= 11 is 0. The molecule has 2 amide bonds. The molecule has 0 spiro atoms. The molecule has 3 N–H and O–H groups in total. The molecule has 1 unspecified atom stereocenters. The number of carbonyl (C=O) groups is 2. The van der Waals surface area contributed by atoms with Crippen molar-refractivity contribution in [3.05, 3.63) is 83.9 Å². The lowest BCUT2D eigenvalue weighted by molar-refractivity contribution is -0.115. The van der Waals surface area contributed by atoms with Gasteiger partial charge in [0, 0.05) is 17.3 Å². The second kappa shape index (κ2) is 17.5. The van der Waals surface area contributed by atoms with Gasteiger partial charge in [-0.2, -0.15) is 0 Å². The highest BCUT2D eigenvalue weighted by molar-refractivity contribution is 7.92. The largest absolute Gasteiger partial charge is 0.506 e. The van der Waals surface area contributed by atoms with E-state index < -0.39 is 21.0 Å². The molecule has 0 aliphatic carbocycles. The number of aryl methyl sites for hydroxylation is 1. The smallest absolute Gasteiger partial charge is 0.255 e. The van der Waals surface area contributed by atoms with Crippen LogP contribution in [0.1, 0.15) is 100 Å². The number of amides is 2. The van der Waals surface area contributed by atoms with Gasteiger partial charge >= 0.3 is 0 Å². The van der Waals surface area contributed by atoms with Gasteiger partial charge < -0.3 is 15.7 Å². The predicted molar refractivity (Wildman–Crippen MR) is 174 cm³/mol. The van der Waals surface area contributed by atoms with Crippen molar-refractivity contribution >= 4 is 33.0 Å². The molecule has 0 aromatic heterocycles. The lowest BCUT2D eigenvalue weighted by Crippen LogP contribution is -2.34. The number of phenols is 1. The van der Waals surface area contributed by atoms with Gasteiger partial charge in [0.25, 0.3) is 5.91 Å². The maximum atomic E-state index is 13.4. The van der Waals surface area contributed by atoms with Crippen molar-refractivity contribution in [3.8, 4) is 5.75 Å². The van der Waals surface area contributed by atoms with Gasteiger partial charge in [0.1, 0.15) is 11.0 Å². The van der Waals surface area contributed by atoms with Crippen molar-refractivity contribution in [3.63, 3.8) is 0 Å². The van der Waals surface area contributed by atoms with E-state index in [0.717, 1.165) is 18.4 Å². The van der Waals surface area contributed by atoms with Crippen molar-refractivity contribution in [1.29, 1.82) is 0 Å². The molecule has 0 heterocycles. The molecule has 0 aliphatic heterocycles. The van der Waals surface area contributed by atoms with Crippen molar-refractivity contribution < 1.29 is 23.1 Å². The molecule has 0 aliphatic rings. The monoisotopic (exact) mass is 606 g/mol. The Balaban J connectivity index is 1.51. The number of unbranched alkanes of at least 4 members (excludes halogenated alkanes) is 9. The van der Waals surface area contributed by atoms with E-state index in [9.17, 15) is 23.1 Å². The van der Waals surface area contributed by atoms with Gasteiger partial charge in [-0.15, -0.1) is 0 Å². The summed E-state index contributed by atoms with van der Waals surface area (Å²) in [5.41, 5.74) is 1.91. The van der Waals surface area contributed by atoms with Gasteiger partial charge in [0.05, 0.1) is 10.6 Å². The Morgan fingerprint density at radius 1 is 0.744 bits per heavy atom. The minimum atomic E-state index is -3.93. The summed E-state index contributed by atoms with van der Waals surface area (Å²) in [6.07, 6.45) is 13.7. The number of aromatic hydroxyl groups is 1. The summed E-state index contributed by atoms with van der Waals surface area (Å²) in [6.45, 7) is 3.89. The lowest BCUT2D eigenvalue weighted by Gasteiger charge is -2.17. The fraction of sp³-hybridized carbons (Fsp3) is 0.429. The van der Waals surface area contributed by atoms with Crippen LogP contribution in [0.15, 0.2) is 77.7 Å². The highest BCUT2D eigenvalue weighted by Gasteiger charge is 2.32. The third kappa shape index (κ3) is 10.5. The first-order valence-corrected chi connectivity index (χ1v) is 17.1. The SMILES string of the molecule is CCCCCCCCCCCCc1ccc(S(=O)(=O)C(CC)C(=O)Nc2ccc(NC(=O)c3ccccc3)c(O)c2)cc1. The Labute approximate surface area is 257 Å². The van der Waals surface area contributed by atoms with Crippen LogP contribution in [0.3, 0.4) is 0 Å². The van der Waals surface area contributed by atoms with Gasteiger partial charge in [-0.05, 0) is 61.2 Å². The maximum Gasteiger partial charge on any atom is 0.255 e. The predicted octanol–water partition coefficient (Wildman–Crippen LogP) is 8.30. The van der Waals surface area contributed by atoms with Gasteiger partial charge in [-0.3, -0.25) is 9.59 Å². The molecule has 3 rings (SSSR count). The molecule has 43 heavy (non-hydrogen) atoms. The normalized spacial score (nSPS) is 12.0. The zero-order valence-corrected chi connectivity index (χ0v) is 26.3. The van der Waals surface area contributed by atoms with Crippen molar-refractivity contribution in [2.45, 2.75) is 101 Å². The summed E-state index contributed by atoms with van der Waals surface area (Å²) in [4.78, 5) is 25.6. The van der Waals surface area contributed by atoms with Crippen LogP contribution in [0.5, 0.6) is 5.75 Å². The van der Waals surface area contributed by atoms with Gasteiger partial charge in [-0.25, -0.2) is 8.42 Å². The Kier molecular flexibility index (Phi) is 13.7. The maximum absolute atomic E-state index is 13.4. The van der Waals surface area contributed by atoms with Crippen LogP contribution in [0, 0.1) is 0 Å². The van der Waals surface area contributed by atoms with Crippen LogP contribution in [-0.4, -0.2) is 30.6 Å². The minimum absolute atomic E-state index is 0.0890. The Morgan fingerprint density at radius 3 is 1.93 bits per heavy atom. The van der Waals surface area contributed by atoms with Crippen LogP contribution in [0.2, 0.25) is 0 Å². The fourth-order valence-electron chi connectivity index (χ4n) is 5.09. The number of phenolic OH excluding ortho intramolecular Hbond substituents is 1. The highest BCUT2D eigenvalue weighted by atomic mass is 32.2. The second-order valence-electron chi connectivity index (χ2n) is 11.1. The average Bonchev–Trinajstić information content (AvgIpc) is 3.00. The molecule has 0 bridgehead atoms. The first-order chi connectivity index (χ1) is 20.8. The quantitative estimate of drug-likeness (QED) is 0.0996. The fourth-order valence-corrected chi connectivity index (χ4v) is 6.72. The number of nitrogens with one attached hydrogen (secondary N) is 2. The van der Waals surface area contributed by atoms with E-state index in [-0.39, 0.29) is 34.3 Å². The van der Waals surface area contributed by atoms with Crippen LogP contribution in [-0.2, 0) is 21.1 Å². The number of hydrogen-bond acceptors (Lipinski definition) is 5. The molecule has 7 nitrogen and oxygen atoms in total. The van der Waals surface area contributed by atoms with Crippen LogP contribution >= 0.6 is 0 Å². The van der Waals surface area contributed by atoms with Gasteiger partial charge in [-0.1, -0.05) is 102 Å². The number of hydrogen-bond donors (Lipinski definition) is 3. The number of carbonyl (C=O) groups excluding carboxylic acids is 2. The highest BCUT2D eigenvalue weighted by Crippen LogP contribution is 2.28. The summed E-state index contributed by atoms with van der Waals surface area (Å²) in [5, 5.41) is 14.4. The van der Waals surface area contributed by atoms with Gasteiger partial charge in [0.2, 0.25) is 5.91 Å². The zero-order chi connectivity index (χ0) is 31.1. The third-order valence-electron chi connectivity index (χ3n) is 7.66. The van der Waals surface area contributed by atoms with E-state index in [1.807, 2.05) is 12.1 Å². The van der Waals surface area contributed by atoms with Crippen LogP contribution < -0.4 is 10.6 Å². The first kappa shape index (κ1) is 33.8. The Hall–Kier alpha value is -3.65. The number of sulfone groups is 1. The molecule has 0 fully saturated rings. The molecule has 0 saturated heterocycles. The van der Waals surface area contributed by atoms with E-state index in [1.54, 1.807) is 49.4 Å². The molecule has 0 radical (unpaired) electrons. The summed E-state index contributed by atoms with van der Waals surface area (Å²) in [7, 11) is -3.93.